The smallest absolute Gasteiger partial charge is 0.231 e. The molecule has 4 heteroatoms. The SMILES string of the molecule is Nc1nc(-c2ccc3c(c2)OCO3)cc2ccccc12. The third-order valence-electron chi connectivity index (χ3n) is 3.44. The number of ether oxygens (including phenoxy) is 2. The van der Waals surface area contributed by atoms with E-state index < -0.39 is 0 Å². The van der Waals surface area contributed by atoms with Crippen LogP contribution in [0.15, 0.2) is 48.5 Å². The van der Waals surface area contributed by atoms with Crippen molar-refractivity contribution in [3.05, 3.63) is 48.5 Å². The summed E-state index contributed by atoms with van der Waals surface area (Å²) in [5.74, 6) is 2.05. The number of nitrogen functional groups attached to an aromatic ring is 1. The van der Waals surface area contributed by atoms with Crippen LogP contribution in [0, 0.1) is 0 Å². The molecule has 0 fully saturated rings. The van der Waals surface area contributed by atoms with Crippen LogP contribution in [-0.2, 0) is 0 Å². The summed E-state index contributed by atoms with van der Waals surface area (Å²) in [7, 11) is 0. The van der Waals surface area contributed by atoms with Gasteiger partial charge >= 0.3 is 0 Å². The van der Waals surface area contributed by atoms with Crippen molar-refractivity contribution in [2.45, 2.75) is 0 Å². The van der Waals surface area contributed by atoms with Crippen LogP contribution in [0.25, 0.3) is 22.0 Å². The Morgan fingerprint density at radius 3 is 2.75 bits per heavy atom. The topological polar surface area (TPSA) is 57.4 Å². The van der Waals surface area contributed by atoms with Crippen molar-refractivity contribution in [1.29, 1.82) is 0 Å². The van der Waals surface area contributed by atoms with Crippen LogP contribution in [0.1, 0.15) is 0 Å². The Bertz CT molecular complexity index is 815. The fourth-order valence-corrected chi connectivity index (χ4v) is 2.43. The van der Waals surface area contributed by atoms with Crippen molar-refractivity contribution in [3.8, 4) is 22.8 Å². The zero-order valence-electron chi connectivity index (χ0n) is 10.7. The van der Waals surface area contributed by atoms with Gasteiger partial charge in [0, 0.05) is 10.9 Å². The predicted molar refractivity (Wildman–Crippen MR) is 77.7 cm³/mol. The summed E-state index contributed by atoms with van der Waals surface area (Å²) in [6.45, 7) is 0.270. The number of benzene rings is 2. The van der Waals surface area contributed by atoms with Gasteiger partial charge in [0.05, 0.1) is 5.69 Å². The summed E-state index contributed by atoms with van der Waals surface area (Å²) in [6.07, 6.45) is 0. The van der Waals surface area contributed by atoms with Crippen molar-refractivity contribution >= 4 is 16.6 Å². The number of nitrogens with zero attached hydrogens (tertiary/aromatic N) is 1. The molecule has 0 aliphatic carbocycles. The first kappa shape index (κ1) is 11.1. The molecule has 98 valence electrons. The number of rotatable bonds is 1. The van der Waals surface area contributed by atoms with Crippen molar-refractivity contribution in [2.24, 2.45) is 0 Å². The van der Waals surface area contributed by atoms with E-state index in [1.165, 1.54) is 0 Å². The fourth-order valence-electron chi connectivity index (χ4n) is 2.43. The van der Waals surface area contributed by atoms with E-state index in [2.05, 4.69) is 4.98 Å². The molecule has 1 aliphatic rings. The van der Waals surface area contributed by atoms with Gasteiger partial charge in [0.25, 0.3) is 0 Å². The molecule has 0 atom stereocenters. The molecule has 2 N–H and O–H groups in total. The lowest BCUT2D eigenvalue weighted by molar-refractivity contribution is 0.174. The molecule has 0 amide bonds. The maximum absolute atomic E-state index is 6.04. The molecular weight excluding hydrogens is 252 g/mol. The third-order valence-corrected chi connectivity index (χ3v) is 3.44. The van der Waals surface area contributed by atoms with Gasteiger partial charge in [-0.3, -0.25) is 0 Å². The highest BCUT2D eigenvalue weighted by atomic mass is 16.7. The fraction of sp³-hybridized carbons (Fsp3) is 0.0625. The lowest BCUT2D eigenvalue weighted by atomic mass is 10.1. The number of fused-ring (bicyclic) bond motifs is 2. The lowest BCUT2D eigenvalue weighted by Crippen LogP contribution is -1.94. The molecule has 0 bridgehead atoms. The first-order valence-electron chi connectivity index (χ1n) is 6.36. The minimum atomic E-state index is 0.270. The minimum Gasteiger partial charge on any atom is -0.454 e. The van der Waals surface area contributed by atoms with Crippen LogP contribution < -0.4 is 15.2 Å². The first-order chi connectivity index (χ1) is 9.81. The highest BCUT2D eigenvalue weighted by molar-refractivity contribution is 5.93. The van der Waals surface area contributed by atoms with Gasteiger partial charge in [0.2, 0.25) is 6.79 Å². The van der Waals surface area contributed by atoms with Gasteiger partial charge in [0.1, 0.15) is 5.82 Å². The summed E-state index contributed by atoms with van der Waals surface area (Å²) in [5.41, 5.74) is 7.84. The summed E-state index contributed by atoms with van der Waals surface area (Å²) < 4.78 is 10.7. The molecule has 20 heavy (non-hydrogen) atoms. The largest absolute Gasteiger partial charge is 0.454 e. The Morgan fingerprint density at radius 2 is 1.80 bits per heavy atom. The van der Waals surface area contributed by atoms with Crippen molar-refractivity contribution in [1.82, 2.24) is 4.98 Å². The maximum Gasteiger partial charge on any atom is 0.231 e. The molecule has 3 aromatic rings. The second-order valence-corrected chi connectivity index (χ2v) is 4.68. The van der Waals surface area contributed by atoms with E-state index in [4.69, 9.17) is 15.2 Å². The number of pyridine rings is 1. The Kier molecular flexibility index (Phi) is 2.29. The van der Waals surface area contributed by atoms with Crippen LogP contribution in [-0.4, -0.2) is 11.8 Å². The van der Waals surface area contributed by atoms with Crippen molar-refractivity contribution < 1.29 is 9.47 Å². The zero-order valence-corrected chi connectivity index (χ0v) is 10.7. The van der Waals surface area contributed by atoms with E-state index in [-0.39, 0.29) is 6.79 Å². The van der Waals surface area contributed by atoms with Crippen LogP contribution in [0.4, 0.5) is 5.82 Å². The predicted octanol–water partition coefficient (Wildman–Crippen LogP) is 3.21. The number of nitrogens with two attached hydrogens (primary N) is 1. The molecule has 2 heterocycles. The standard InChI is InChI=1S/C16H12N2O2/c17-16-12-4-2-1-3-10(12)7-13(18-16)11-5-6-14-15(8-11)20-9-19-14/h1-8H,9H2,(H2,17,18). The Morgan fingerprint density at radius 1 is 0.950 bits per heavy atom. The van der Waals surface area contributed by atoms with Crippen molar-refractivity contribution in [3.63, 3.8) is 0 Å². The molecule has 4 nitrogen and oxygen atoms in total. The number of anilines is 1. The van der Waals surface area contributed by atoms with E-state index in [0.29, 0.717) is 5.82 Å². The van der Waals surface area contributed by atoms with Crippen LogP contribution in [0.5, 0.6) is 11.5 Å². The summed E-state index contributed by atoms with van der Waals surface area (Å²) >= 11 is 0. The van der Waals surface area contributed by atoms with Crippen LogP contribution in [0.3, 0.4) is 0 Å². The molecule has 1 aliphatic heterocycles. The molecule has 0 radical (unpaired) electrons. The van der Waals surface area contributed by atoms with Gasteiger partial charge in [0.15, 0.2) is 11.5 Å². The second-order valence-electron chi connectivity index (χ2n) is 4.68. The van der Waals surface area contributed by atoms with E-state index >= 15 is 0 Å². The van der Waals surface area contributed by atoms with Gasteiger partial charge in [-0.05, 0) is 29.7 Å². The van der Waals surface area contributed by atoms with E-state index in [9.17, 15) is 0 Å². The zero-order chi connectivity index (χ0) is 13.5. The Hall–Kier alpha value is -2.75. The van der Waals surface area contributed by atoms with Gasteiger partial charge in [-0.1, -0.05) is 24.3 Å². The van der Waals surface area contributed by atoms with Crippen LogP contribution in [0.2, 0.25) is 0 Å². The Balaban J connectivity index is 1.90. The molecule has 1 aromatic heterocycles. The number of hydrogen-bond donors (Lipinski definition) is 1. The molecule has 0 saturated carbocycles. The van der Waals surface area contributed by atoms with Crippen molar-refractivity contribution in [2.75, 3.05) is 12.5 Å². The van der Waals surface area contributed by atoms with E-state index in [1.54, 1.807) is 0 Å². The molecule has 0 spiro atoms. The number of aromatic nitrogens is 1. The monoisotopic (exact) mass is 264 g/mol. The highest BCUT2D eigenvalue weighted by Crippen LogP contribution is 2.36. The molecule has 0 saturated heterocycles. The second kappa shape index (κ2) is 4.13. The van der Waals surface area contributed by atoms with E-state index in [0.717, 1.165) is 33.5 Å². The average molecular weight is 264 g/mol. The van der Waals surface area contributed by atoms with Gasteiger partial charge in [-0.15, -0.1) is 0 Å². The number of hydrogen-bond acceptors (Lipinski definition) is 4. The van der Waals surface area contributed by atoms with Gasteiger partial charge < -0.3 is 15.2 Å². The lowest BCUT2D eigenvalue weighted by Gasteiger charge is -2.07. The minimum absolute atomic E-state index is 0.270. The molecule has 0 unspecified atom stereocenters. The first-order valence-corrected chi connectivity index (χ1v) is 6.36. The summed E-state index contributed by atoms with van der Waals surface area (Å²) in [6, 6.07) is 15.8. The quantitative estimate of drug-likeness (QED) is 0.733. The third kappa shape index (κ3) is 1.66. The molecule has 4 rings (SSSR count). The summed E-state index contributed by atoms with van der Waals surface area (Å²) in [5, 5.41) is 2.05. The van der Waals surface area contributed by atoms with Gasteiger partial charge in [-0.25, -0.2) is 4.98 Å². The molecular formula is C16H12N2O2. The molecule has 2 aromatic carbocycles. The maximum atomic E-state index is 6.04. The normalized spacial score (nSPS) is 12.8. The highest BCUT2D eigenvalue weighted by Gasteiger charge is 2.14. The van der Waals surface area contributed by atoms with Gasteiger partial charge in [-0.2, -0.15) is 0 Å². The van der Waals surface area contributed by atoms with Crippen LogP contribution >= 0.6 is 0 Å². The Labute approximate surface area is 115 Å². The average Bonchev–Trinajstić information content (AvgIpc) is 2.94. The van der Waals surface area contributed by atoms with E-state index in [1.807, 2.05) is 48.5 Å². The summed E-state index contributed by atoms with van der Waals surface area (Å²) in [4.78, 5) is 4.48.